The van der Waals surface area contributed by atoms with E-state index in [-0.39, 0.29) is 47.0 Å². The van der Waals surface area contributed by atoms with Crippen molar-refractivity contribution in [3.05, 3.63) is 49.6 Å². The first-order chi connectivity index (χ1) is 19.0. The molecule has 1 saturated heterocycles. The number of amides is 1. The van der Waals surface area contributed by atoms with E-state index in [0.29, 0.717) is 42.6 Å². The van der Waals surface area contributed by atoms with Crippen LogP contribution in [0.4, 0.5) is 5.69 Å². The van der Waals surface area contributed by atoms with E-state index in [1.807, 2.05) is 4.90 Å². The molecule has 0 bridgehead atoms. The minimum atomic E-state index is -3.75. The third-order valence-corrected chi connectivity index (χ3v) is 9.09. The second-order valence-corrected chi connectivity index (χ2v) is 12.4. The van der Waals surface area contributed by atoms with E-state index in [9.17, 15) is 22.8 Å². The summed E-state index contributed by atoms with van der Waals surface area (Å²) < 4.78 is 34.5. The fraction of sp³-hybridized carbons (Fsp3) is 0.462. The number of carbonyl (C=O) groups is 1. The molecule has 3 heterocycles. The number of aromatic nitrogens is 4. The minimum Gasteiger partial charge on any atom is -0.379 e. The first kappa shape index (κ1) is 28.1. The predicted octanol–water partition coefficient (Wildman–Crippen LogP) is 0.593. The number of aryl methyl sites for hydroxylation is 1. The lowest BCUT2D eigenvalue weighted by Crippen LogP contribution is -2.41. The van der Waals surface area contributed by atoms with Gasteiger partial charge < -0.3 is 14.6 Å². The Morgan fingerprint density at radius 2 is 1.90 bits per heavy atom. The van der Waals surface area contributed by atoms with Crippen molar-refractivity contribution in [3.8, 4) is 11.8 Å². The molecule has 1 aliphatic heterocycles. The molecule has 14 heteroatoms. The van der Waals surface area contributed by atoms with Crippen molar-refractivity contribution in [2.45, 2.75) is 24.5 Å². The molecule has 2 aromatic heterocycles. The van der Waals surface area contributed by atoms with Crippen molar-refractivity contribution in [3.63, 3.8) is 0 Å². The van der Waals surface area contributed by atoms with Gasteiger partial charge in [-0.15, -0.1) is 0 Å². The van der Waals surface area contributed by atoms with E-state index >= 15 is 0 Å². The summed E-state index contributed by atoms with van der Waals surface area (Å²) in [5.41, 5.74) is -0.421. The van der Waals surface area contributed by atoms with Gasteiger partial charge in [0.25, 0.3) is 5.56 Å². The lowest BCUT2D eigenvalue weighted by molar-refractivity contribution is -0.118. The number of imidazole rings is 1. The summed E-state index contributed by atoms with van der Waals surface area (Å²) in [6.07, 6.45) is 1.68. The summed E-state index contributed by atoms with van der Waals surface area (Å²) in [5, 5.41) is 2.94. The zero-order chi connectivity index (χ0) is 28.6. The smallest absolute Gasteiger partial charge is 0.333 e. The largest absolute Gasteiger partial charge is 0.379 e. The Morgan fingerprint density at radius 1 is 1.18 bits per heavy atom. The van der Waals surface area contributed by atoms with Gasteiger partial charge in [-0.25, -0.2) is 13.2 Å². The van der Waals surface area contributed by atoms with Gasteiger partial charge in [0.05, 0.1) is 37.1 Å². The van der Waals surface area contributed by atoms with Crippen molar-refractivity contribution < 1.29 is 17.9 Å². The molecule has 2 fully saturated rings. The first-order valence-corrected chi connectivity index (χ1v) is 14.9. The van der Waals surface area contributed by atoms with Gasteiger partial charge in [-0.3, -0.25) is 23.6 Å². The van der Waals surface area contributed by atoms with Crippen LogP contribution in [0.3, 0.4) is 0 Å². The molecular formula is C26H29ClN6O6S. The number of morpholine rings is 1. The fourth-order valence-electron chi connectivity index (χ4n) is 4.57. The second kappa shape index (κ2) is 11.2. The molecule has 0 radical (unpaired) electrons. The molecule has 212 valence electrons. The fourth-order valence-corrected chi connectivity index (χ4v) is 6.58. The van der Waals surface area contributed by atoms with Gasteiger partial charge in [0.15, 0.2) is 11.2 Å². The highest BCUT2D eigenvalue weighted by atomic mass is 35.5. The van der Waals surface area contributed by atoms with E-state index in [1.165, 1.54) is 23.2 Å². The van der Waals surface area contributed by atoms with Crippen LogP contribution in [0.15, 0.2) is 32.9 Å². The van der Waals surface area contributed by atoms with Crippen molar-refractivity contribution in [1.82, 2.24) is 23.6 Å². The average molecular weight is 589 g/mol. The number of fused-ring (bicyclic) bond motifs is 1. The number of hydrogen-bond acceptors (Lipinski definition) is 8. The van der Waals surface area contributed by atoms with Gasteiger partial charge >= 0.3 is 5.69 Å². The van der Waals surface area contributed by atoms with Crippen LogP contribution in [0, 0.1) is 17.8 Å². The molecule has 1 saturated carbocycles. The van der Waals surface area contributed by atoms with E-state index in [2.05, 4.69) is 22.1 Å². The maximum atomic E-state index is 13.0. The van der Waals surface area contributed by atoms with Crippen LogP contribution in [0.25, 0.3) is 11.2 Å². The Labute approximate surface area is 235 Å². The summed E-state index contributed by atoms with van der Waals surface area (Å²) in [7, 11) is -0.978. The predicted molar refractivity (Wildman–Crippen MR) is 149 cm³/mol. The molecule has 2 aliphatic rings. The molecule has 40 heavy (non-hydrogen) atoms. The number of rotatable bonds is 7. The Hall–Kier alpha value is -3.44. The Kier molecular flexibility index (Phi) is 7.87. The van der Waals surface area contributed by atoms with E-state index in [4.69, 9.17) is 16.3 Å². The number of hydrogen-bond donors (Lipinski definition) is 1. The SMILES string of the molecule is Cn1c(=O)c2c(nc(S(=O)(=O)CC3CC3)n2C)n(CC#Cc2cc(NC(=O)CN3CCOCC3)ccc2Cl)c1=O. The van der Waals surface area contributed by atoms with Crippen LogP contribution in [-0.2, 0) is 40.0 Å². The summed E-state index contributed by atoms with van der Waals surface area (Å²) in [5.74, 6) is 5.65. The molecule has 1 amide bonds. The Bertz CT molecular complexity index is 1770. The third-order valence-electron chi connectivity index (χ3n) is 6.93. The second-order valence-electron chi connectivity index (χ2n) is 10.0. The van der Waals surface area contributed by atoms with Crippen molar-refractivity contribution in [2.75, 3.05) is 43.9 Å². The van der Waals surface area contributed by atoms with Gasteiger partial charge in [-0.05, 0) is 37.0 Å². The van der Waals surface area contributed by atoms with E-state index in [1.54, 1.807) is 18.2 Å². The van der Waals surface area contributed by atoms with Crippen LogP contribution in [0.5, 0.6) is 0 Å². The lowest BCUT2D eigenvalue weighted by Gasteiger charge is -2.25. The zero-order valence-corrected chi connectivity index (χ0v) is 23.7. The van der Waals surface area contributed by atoms with Gasteiger partial charge in [0, 0.05) is 38.4 Å². The number of nitrogens with one attached hydrogen (secondary N) is 1. The highest BCUT2D eigenvalue weighted by Gasteiger charge is 2.33. The first-order valence-electron chi connectivity index (χ1n) is 12.8. The van der Waals surface area contributed by atoms with Crippen molar-refractivity contribution in [2.24, 2.45) is 20.0 Å². The van der Waals surface area contributed by atoms with E-state index < -0.39 is 21.1 Å². The highest BCUT2D eigenvalue weighted by molar-refractivity contribution is 7.91. The van der Waals surface area contributed by atoms with Crippen LogP contribution in [0.1, 0.15) is 18.4 Å². The molecule has 3 aromatic rings. The molecule has 5 rings (SSSR count). The molecule has 0 spiro atoms. The standard InChI is InChI=1S/C26H29ClN6O6S/c1-30-22-23(29-25(30)40(37,38)16-17-5-6-17)33(26(36)31(2)24(22)35)9-3-4-18-14-19(7-8-20(18)27)28-21(34)15-32-10-12-39-13-11-32/h7-8,14,17H,5-6,9-13,15-16H2,1-2H3,(H,28,34). The number of anilines is 1. The van der Waals surface area contributed by atoms with Crippen LogP contribution >= 0.6 is 11.6 Å². The summed E-state index contributed by atoms with van der Waals surface area (Å²) in [6.45, 7) is 2.62. The van der Waals surface area contributed by atoms with Gasteiger partial charge in [-0.1, -0.05) is 23.4 Å². The molecular weight excluding hydrogens is 560 g/mol. The van der Waals surface area contributed by atoms with Crippen LogP contribution in [-0.4, -0.2) is 76.5 Å². The minimum absolute atomic E-state index is 0.00119. The highest BCUT2D eigenvalue weighted by Crippen LogP contribution is 2.32. The maximum absolute atomic E-state index is 13.0. The average Bonchev–Trinajstić information content (AvgIpc) is 3.65. The molecule has 1 N–H and O–H groups in total. The monoisotopic (exact) mass is 588 g/mol. The maximum Gasteiger partial charge on any atom is 0.333 e. The van der Waals surface area contributed by atoms with Gasteiger partial charge in [0.2, 0.25) is 20.9 Å². The summed E-state index contributed by atoms with van der Waals surface area (Å²) >= 11 is 6.33. The van der Waals surface area contributed by atoms with Crippen LogP contribution < -0.4 is 16.6 Å². The van der Waals surface area contributed by atoms with Gasteiger partial charge in [0.1, 0.15) is 0 Å². The Balaban J connectivity index is 1.41. The molecule has 0 unspecified atom stereocenters. The topological polar surface area (TPSA) is 138 Å². The molecule has 1 aliphatic carbocycles. The van der Waals surface area contributed by atoms with Gasteiger partial charge in [-0.2, -0.15) is 4.98 Å². The molecule has 0 atom stereocenters. The number of halogens is 1. The molecule has 1 aromatic carbocycles. The number of carbonyl (C=O) groups excluding carboxylic acids is 1. The zero-order valence-electron chi connectivity index (χ0n) is 22.1. The van der Waals surface area contributed by atoms with E-state index in [0.717, 1.165) is 17.4 Å². The summed E-state index contributed by atoms with van der Waals surface area (Å²) in [6, 6.07) is 4.92. The quantitative estimate of drug-likeness (QED) is 0.396. The Morgan fingerprint density at radius 3 is 2.60 bits per heavy atom. The lowest BCUT2D eigenvalue weighted by atomic mass is 10.2. The van der Waals surface area contributed by atoms with Crippen molar-refractivity contribution in [1.29, 1.82) is 0 Å². The molecule has 12 nitrogen and oxygen atoms in total. The van der Waals surface area contributed by atoms with Crippen molar-refractivity contribution >= 4 is 44.2 Å². The number of ether oxygens (including phenoxy) is 1. The summed E-state index contributed by atoms with van der Waals surface area (Å²) in [4.78, 5) is 44.6. The number of benzene rings is 1. The van der Waals surface area contributed by atoms with Crippen LogP contribution in [0.2, 0.25) is 5.02 Å². The normalized spacial score (nSPS) is 16.1. The number of sulfone groups is 1. The third kappa shape index (κ3) is 5.85. The number of nitrogens with zero attached hydrogens (tertiary/aromatic N) is 5.